The van der Waals surface area contributed by atoms with E-state index >= 15 is 0 Å². The molecule has 0 amide bonds. The van der Waals surface area contributed by atoms with Gasteiger partial charge in [0.2, 0.25) is 0 Å². The summed E-state index contributed by atoms with van der Waals surface area (Å²) in [5.41, 5.74) is 2.26. The van der Waals surface area contributed by atoms with Crippen LogP contribution in [0.25, 0.3) is 0 Å². The van der Waals surface area contributed by atoms with E-state index in [1.165, 1.54) is 14.2 Å². The van der Waals surface area contributed by atoms with Crippen LogP contribution in [0.2, 0.25) is 0 Å². The molecular weight excluding hydrogens is 260 g/mol. The normalized spacial score (nSPS) is 16.5. The van der Waals surface area contributed by atoms with E-state index in [0.717, 1.165) is 16.9 Å². The second-order valence-corrected chi connectivity index (χ2v) is 4.89. The third-order valence-corrected chi connectivity index (χ3v) is 3.43. The summed E-state index contributed by atoms with van der Waals surface area (Å²) in [5, 5.41) is 0. The van der Waals surface area contributed by atoms with Crippen LogP contribution in [0.3, 0.4) is 0 Å². The fourth-order valence-electron chi connectivity index (χ4n) is 2.42. The van der Waals surface area contributed by atoms with Crippen LogP contribution < -0.4 is 4.74 Å². The molecule has 1 heterocycles. The average molecular weight is 278 g/mol. The summed E-state index contributed by atoms with van der Waals surface area (Å²) in [6, 6.07) is 5.94. The number of aryl methyl sites for hydroxylation is 1. The second kappa shape index (κ2) is 5.94. The van der Waals surface area contributed by atoms with Crippen LogP contribution in [-0.2, 0) is 25.5 Å². The van der Waals surface area contributed by atoms with Gasteiger partial charge in [0.1, 0.15) is 11.9 Å². The zero-order valence-electron chi connectivity index (χ0n) is 11.8. The largest absolute Gasteiger partial charge is 0.490 e. The van der Waals surface area contributed by atoms with E-state index in [9.17, 15) is 9.59 Å². The lowest BCUT2D eigenvalue weighted by atomic mass is 9.98. The summed E-state index contributed by atoms with van der Waals surface area (Å²) in [7, 11) is 2.51. The van der Waals surface area contributed by atoms with Crippen molar-refractivity contribution in [2.45, 2.75) is 25.9 Å². The van der Waals surface area contributed by atoms with Gasteiger partial charge in [-0.05, 0) is 18.6 Å². The van der Waals surface area contributed by atoms with E-state index in [4.69, 9.17) is 4.74 Å². The first-order valence-corrected chi connectivity index (χ1v) is 6.47. The van der Waals surface area contributed by atoms with Crippen molar-refractivity contribution in [2.75, 3.05) is 14.2 Å². The molecule has 0 fully saturated rings. The van der Waals surface area contributed by atoms with Gasteiger partial charge in [0.05, 0.1) is 14.2 Å². The number of esters is 2. The topological polar surface area (TPSA) is 61.8 Å². The number of rotatable bonds is 4. The Kier molecular flexibility index (Phi) is 4.27. The van der Waals surface area contributed by atoms with Crippen LogP contribution in [-0.4, -0.2) is 32.3 Å². The first-order chi connectivity index (χ1) is 9.55. The van der Waals surface area contributed by atoms with Crippen molar-refractivity contribution in [3.8, 4) is 5.75 Å². The molecule has 0 radical (unpaired) electrons. The summed E-state index contributed by atoms with van der Waals surface area (Å²) < 4.78 is 15.1. The number of carbonyl (C=O) groups is 2. The molecular formula is C15H18O5. The monoisotopic (exact) mass is 278 g/mol. The number of benzene rings is 1. The van der Waals surface area contributed by atoms with Crippen LogP contribution in [0, 0.1) is 12.8 Å². The van der Waals surface area contributed by atoms with Crippen molar-refractivity contribution in [2.24, 2.45) is 5.92 Å². The zero-order valence-corrected chi connectivity index (χ0v) is 11.8. The molecule has 5 nitrogen and oxygen atoms in total. The highest BCUT2D eigenvalue weighted by molar-refractivity contribution is 5.94. The molecule has 0 aliphatic carbocycles. The van der Waals surface area contributed by atoms with Crippen LogP contribution in [0.1, 0.15) is 17.5 Å². The van der Waals surface area contributed by atoms with E-state index in [2.05, 4.69) is 15.5 Å². The summed E-state index contributed by atoms with van der Waals surface area (Å²) in [4.78, 5) is 23.3. The molecule has 5 heteroatoms. The minimum atomic E-state index is -0.939. The first kappa shape index (κ1) is 14.4. The molecule has 0 bridgehead atoms. The highest BCUT2D eigenvalue weighted by Crippen LogP contribution is 2.32. The van der Waals surface area contributed by atoms with Gasteiger partial charge in [0.25, 0.3) is 0 Å². The van der Waals surface area contributed by atoms with Gasteiger partial charge in [0, 0.05) is 12.8 Å². The molecule has 108 valence electrons. The number of fused-ring (bicyclic) bond motifs is 1. The van der Waals surface area contributed by atoms with Gasteiger partial charge in [0.15, 0.2) is 5.92 Å². The number of hydrogen-bond acceptors (Lipinski definition) is 5. The molecule has 2 rings (SSSR count). The van der Waals surface area contributed by atoms with Gasteiger partial charge in [-0.2, -0.15) is 0 Å². The van der Waals surface area contributed by atoms with Crippen molar-refractivity contribution < 1.29 is 23.8 Å². The second-order valence-electron chi connectivity index (χ2n) is 4.89. The van der Waals surface area contributed by atoms with Crippen LogP contribution >= 0.6 is 0 Å². The molecule has 0 aromatic heterocycles. The van der Waals surface area contributed by atoms with Crippen molar-refractivity contribution in [1.82, 2.24) is 0 Å². The number of methoxy groups -OCH3 is 2. The van der Waals surface area contributed by atoms with E-state index in [1.807, 2.05) is 19.1 Å². The van der Waals surface area contributed by atoms with Crippen molar-refractivity contribution >= 4 is 11.9 Å². The van der Waals surface area contributed by atoms with E-state index in [1.54, 1.807) is 0 Å². The van der Waals surface area contributed by atoms with Crippen molar-refractivity contribution in [3.63, 3.8) is 0 Å². The van der Waals surface area contributed by atoms with Crippen molar-refractivity contribution in [1.29, 1.82) is 0 Å². The third kappa shape index (κ3) is 2.92. The SMILES string of the molecule is COC(=O)C(CC1Cc2cc(C)ccc2O1)C(=O)OC. The number of carbonyl (C=O) groups excluding carboxylic acids is 2. The molecule has 0 saturated heterocycles. The molecule has 0 spiro atoms. The molecule has 20 heavy (non-hydrogen) atoms. The van der Waals surface area contributed by atoms with Gasteiger partial charge >= 0.3 is 11.9 Å². The Morgan fingerprint density at radius 1 is 1.30 bits per heavy atom. The Morgan fingerprint density at radius 2 is 1.95 bits per heavy atom. The molecule has 0 saturated carbocycles. The maximum Gasteiger partial charge on any atom is 0.320 e. The predicted molar refractivity (Wildman–Crippen MR) is 71.4 cm³/mol. The number of ether oxygens (including phenoxy) is 3. The highest BCUT2D eigenvalue weighted by Gasteiger charge is 2.35. The quantitative estimate of drug-likeness (QED) is 0.619. The first-order valence-electron chi connectivity index (χ1n) is 6.47. The molecule has 1 aromatic rings. The van der Waals surface area contributed by atoms with Gasteiger partial charge < -0.3 is 14.2 Å². The lowest BCUT2D eigenvalue weighted by Crippen LogP contribution is -2.31. The summed E-state index contributed by atoms with van der Waals surface area (Å²) >= 11 is 0. The Bertz CT molecular complexity index is 507. The van der Waals surface area contributed by atoms with Gasteiger partial charge in [-0.1, -0.05) is 17.7 Å². The molecule has 1 unspecified atom stereocenters. The predicted octanol–water partition coefficient (Wildman–Crippen LogP) is 1.65. The van der Waals surface area contributed by atoms with E-state index in [-0.39, 0.29) is 12.5 Å². The van der Waals surface area contributed by atoms with Gasteiger partial charge in [-0.15, -0.1) is 0 Å². The fourth-order valence-corrected chi connectivity index (χ4v) is 2.42. The maximum absolute atomic E-state index is 11.6. The standard InChI is InChI=1S/C15H18O5/c1-9-4-5-13-10(6-9)7-11(20-13)8-12(14(16)18-2)15(17)19-3/h4-6,11-12H,7-8H2,1-3H3. The lowest BCUT2D eigenvalue weighted by Gasteiger charge is -2.16. The van der Waals surface area contributed by atoms with Crippen LogP contribution in [0.5, 0.6) is 5.75 Å². The smallest absolute Gasteiger partial charge is 0.320 e. The van der Waals surface area contributed by atoms with Gasteiger partial charge in [-0.3, -0.25) is 9.59 Å². The molecule has 1 aliphatic heterocycles. The average Bonchev–Trinajstić information content (AvgIpc) is 2.84. The van der Waals surface area contributed by atoms with Crippen LogP contribution in [0.15, 0.2) is 18.2 Å². The highest BCUT2D eigenvalue weighted by atomic mass is 16.5. The summed E-state index contributed by atoms with van der Waals surface area (Å²) in [6.45, 7) is 2.01. The van der Waals surface area contributed by atoms with Gasteiger partial charge in [-0.25, -0.2) is 0 Å². The number of hydrogen-bond donors (Lipinski definition) is 0. The van der Waals surface area contributed by atoms with E-state index < -0.39 is 17.9 Å². The zero-order chi connectivity index (χ0) is 14.7. The molecule has 0 N–H and O–H groups in total. The minimum Gasteiger partial charge on any atom is -0.490 e. The van der Waals surface area contributed by atoms with E-state index in [0.29, 0.717) is 6.42 Å². The Morgan fingerprint density at radius 3 is 2.55 bits per heavy atom. The Balaban J connectivity index is 2.07. The van der Waals surface area contributed by atoms with Crippen molar-refractivity contribution in [3.05, 3.63) is 29.3 Å². The summed E-state index contributed by atoms with van der Waals surface area (Å²) in [6.07, 6.45) is 0.726. The molecule has 1 atom stereocenters. The Hall–Kier alpha value is -2.04. The van der Waals surface area contributed by atoms with Crippen LogP contribution in [0.4, 0.5) is 0 Å². The molecule has 1 aliphatic rings. The Labute approximate surface area is 117 Å². The minimum absolute atomic E-state index is 0.213. The molecule has 1 aromatic carbocycles. The fraction of sp³-hybridized carbons (Fsp3) is 0.467. The lowest BCUT2D eigenvalue weighted by molar-refractivity contribution is -0.160. The third-order valence-electron chi connectivity index (χ3n) is 3.43. The maximum atomic E-state index is 11.6. The summed E-state index contributed by atoms with van der Waals surface area (Å²) in [5.74, 6) is -1.31.